The summed E-state index contributed by atoms with van der Waals surface area (Å²) in [7, 11) is 1.63. The SMILES string of the molecule is COCCNc1cc(-n2c(C)c(C)c3c2CCCC3=O)ccc1C(N)=O. The fraction of sp³-hybridized carbons (Fsp3) is 0.400. The normalized spacial score (nSPS) is 13.6. The number of fused-ring (bicyclic) bond motifs is 1. The number of methoxy groups -OCH3 is 1. The van der Waals surface area contributed by atoms with Gasteiger partial charge in [-0.2, -0.15) is 0 Å². The molecule has 3 N–H and O–H groups in total. The van der Waals surface area contributed by atoms with Crippen LogP contribution >= 0.6 is 0 Å². The molecule has 26 heavy (non-hydrogen) atoms. The maximum Gasteiger partial charge on any atom is 0.250 e. The molecule has 0 bridgehead atoms. The zero-order valence-corrected chi connectivity index (χ0v) is 15.5. The van der Waals surface area contributed by atoms with Crippen molar-refractivity contribution in [3.8, 4) is 5.69 Å². The highest BCUT2D eigenvalue weighted by Crippen LogP contribution is 2.33. The van der Waals surface area contributed by atoms with E-state index in [2.05, 4.69) is 9.88 Å². The highest BCUT2D eigenvalue weighted by atomic mass is 16.5. The number of carbonyl (C=O) groups excluding carboxylic acids is 2. The number of hydrogen-bond acceptors (Lipinski definition) is 4. The lowest BCUT2D eigenvalue weighted by molar-refractivity contribution is 0.0969. The van der Waals surface area contributed by atoms with Crippen molar-refractivity contribution in [3.63, 3.8) is 0 Å². The van der Waals surface area contributed by atoms with Crippen LogP contribution in [0.2, 0.25) is 0 Å². The van der Waals surface area contributed by atoms with Crippen LogP contribution < -0.4 is 11.1 Å². The molecule has 3 rings (SSSR count). The van der Waals surface area contributed by atoms with Crippen LogP contribution in [0.25, 0.3) is 5.69 Å². The number of Topliss-reactive ketones (excluding diaryl/α,β-unsaturated/α-hetero) is 1. The van der Waals surface area contributed by atoms with Gasteiger partial charge < -0.3 is 20.4 Å². The fourth-order valence-corrected chi connectivity index (χ4v) is 3.70. The molecule has 0 saturated heterocycles. The summed E-state index contributed by atoms with van der Waals surface area (Å²) in [5.41, 5.74) is 11.6. The van der Waals surface area contributed by atoms with Crippen LogP contribution in [0, 0.1) is 13.8 Å². The number of aromatic nitrogens is 1. The smallest absolute Gasteiger partial charge is 0.250 e. The number of benzene rings is 1. The highest BCUT2D eigenvalue weighted by Gasteiger charge is 2.27. The Morgan fingerprint density at radius 3 is 2.77 bits per heavy atom. The molecular weight excluding hydrogens is 330 g/mol. The van der Waals surface area contributed by atoms with E-state index in [1.54, 1.807) is 13.2 Å². The van der Waals surface area contributed by atoms with Crippen molar-refractivity contribution in [1.29, 1.82) is 0 Å². The van der Waals surface area contributed by atoms with Gasteiger partial charge in [0.25, 0.3) is 5.91 Å². The van der Waals surface area contributed by atoms with Crippen LogP contribution in [0.3, 0.4) is 0 Å². The summed E-state index contributed by atoms with van der Waals surface area (Å²) in [6, 6.07) is 5.54. The quantitative estimate of drug-likeness (QED) is 0.780. The molecule has 0 spiro atoms. The van der Waals surface area contributed by atoms with Gasteiger partial charge in [-0.3, -0.25) is 9.59 Å². The predicted molar refractivity (Wildman–Crippen MR) is 101 cm³/mol. The first kappa shape index (κ1) is 18.2. The Hall–Kier alpha value is -2.60. The van der Waals surface area contributed by atoms with E-state index in [1.807, 2.05) is 26.0 Å². The van der Waals surface area contributed by atoms with Crippen molar-refractivity contribution in [3.05, 3.63) is 46.3 Å². The Kier molecular flexibility index (Phi) is 5.13. The lowest BCUT2D eigenvalue weighted by Crippen LogP contribution is -2.17. The van der Waals surface area contributed by atoms with Crippen LogP contribution in [-0.4, -0.2) is 36.5 Å². The molecule has 1 amide bonds. The van der Waals surface area contributed by atoms with Gasteiger partial charge in [0.2, 0.25) is 0 Å². The Balaban J connectivity index is 2.10. The van der Waals surface area contributed by atoms with E-state index in [0.717, 1.165) is 41.0 Å². The van der Waals surface area contributed by atoms with Crippen LogP contribution in [0.1, 0.15) is 50.5 Å². The second kappa shape index (κ2) is 7.33. The third kappa shape index (κ3) is 3.12. The Morgan fingerprint density at radius 2 is 2.08 bits per heavy atom. The summed E-state index contributed by atoms with van der Waals surface area (Å²) < 4.78 is 7.20. The summed E-state index contributed by atoms with van der Waals surface area (Å²) in [6.45, 7) is 5.12. The largest absolute Gasteiger partial charge is 0.383 e. The third-order valence-corrected chi connectivity index (χ3v) is 5.06. The maximum atomic E-state index is 12.4. The molecule has 1 aliphatic carbocycles. The van der Waals surface area contributed by atoms with Gasteiger partial charge in [0.15, 0.2) is 5.78 Å². The van der Waals surface area contributed by atoms with Gasteiger partial charge in [0.05, 0.1) is 12.2 Å². The van der Waals surface area contributed by atoms with Crippen molar-refractivity contribution in [2.45, 2.75) is 33.1 Å². The minimum Gasteiger partial charge on any atom is -0.383 e. The number of hydrogen-bond donors (Lipinski definition) is 2. The number of nitrogens with two attached hydrogens (primary N) is 1. The second-order valence-corrected chi connectivity index (χ2v) is 6.66. The van der Waals surface area contributed by atoms with Crippen molar-refractivity contribution >= 4 is 17.4 Å². The van der Waals surface area contributed by atoms with E-state index in [4.69, 9.17) is 10.5 Å². The first-order chi connectivity index (χ1) is 12.5. The summed E-state index contributed by atoms with van der Waals surface area (Å²) >= 11 is 0. The van der Waals surface area contributed by atoms with Crippen LogP contribution in [-0.2, 0) is 11.2 Å². The lowest BCUT2D eigenvalue weighted by atomic mass is 9.94. The number of anilines is 1. The Labute approximate surface area is 153 Å². The number of amides is 1. The van der Waals surface area contributed by atoms with E-state index >= 15 is 0 Å². The molecule has 0 radical (unpaired) electrons. The number of rotatable bonds is 6. The van der Waals surface area contributed by atoms with E-state index in [1.165, 1.54) is 0 Å². The number of nitrogens with one attached hydrogen (secondary N) is 1. The Bertz CT molecular complexity index is 868. The molecule has 1 aromatic carbocycles. The van der Waals surface area contributed by atoms with Crippen LogP contribution in [0.15, 0.2) is 18.2 Å². The molecule has 0 fully saturated rings. The predicted octanol–water partition coefficient (Wildman–Crippen LogP) is 2.77. The molecule has 0 atom stereocenters. The van der Waals surface area contributed by atoms with Crippen LogP contribution in [0.4, 0.5) is 5.69 Å². The molecule has 0 aliphatic heterocycles. The first-order valence-corrected chi connectivity index (χ1v) is 8.86. The van der Waals surface area contributed by atoms with E-state index in [-0.39, 0.29) is 5.78 Å². The number of primary amides is 1. The summed E-state index contributed by atoms with van der Waals surface area (Å²) in [5, 5.41) is 3.21. The van der Waals surface area contributed by atoms with E-state index in [0.29, 0.717) is 30.8 Å². The summed E-state index contributed by atoms with van der Waals surface area (Å²) in [5.74, 6) is -0.258. The van der Waals surface area contributed by atoms with Crippen molar-refractivity contribution in [1.82, 2.24) is 4.57 Å². The van der Waals surface area contributed by atoms with Crippen molar-refractivity contribution in [2.24, 2.45) is 5.73 Å². The fourth-order valence-electron chi connectivity index (χ4n) is 3.70. The second-order valence-electron chi connectivity index (χ2n) is 6.66. The Morgan fingerprint density at radius 1 is 1.31 bits per heavy atom. The number of ether oxygens (including phenoxy) is 1. The van der Waals surface area contributed by atoms with Crippen LogP contribution in [0.5, 0.6) is 0 Å². The van der Waals surface area contributed by atoms with Gasteiger partial charge in [-0.05, 0) is 50.5 Å². The molecule has 0 unspecified atom stereocenters. The molecule has 1 aromatic heterocycles. The van der Waals surface area contributed by atoms with Crippen molar-refractivity contribution < 1.29 is 14.3 Å². The molecule has 0 saturated carbocycles. The van der Waals surface area contributed by atoms with E-state index in [9.17, 15) is 9.59 Å². The number of ketones is 1. The standard InChI is InChI=1S/C20H25N3O3/c1-12-13(2)23(17-5-4-6-18(24)19(12)17)14-7-8-15(20(21)25)16(11-14)22-9-10-26-3/h7-8,11,22H,4-6,9-10H2,1-3H3,(H2,21,25). The molecule has 6 heteroatoms. The van der Waals surface area contributed by atoms with Gasteiger partial charge >= 0.3 is 0 Å². The minimum absolute atomic E-state index is 0.220. The van der Waals surface area contributed by atoms with Gasteiger partial charge in [-0.25, -0.2) is 0 Å². The topological polar surface area (TPSA) is 86.3 Å². The molecule has 138 valence electrons. The highest BCUT2D eigenvalue weighted by molar-refractivity contribution is 6.01. The summed E-state index contributed by atoms with van der Waals surface area (Å²) in [6.07, 6.45) is 2.36. The molecule has 1 aliphatic rings. The molecular formula is C20H25N3O3. The average Bonchev–Trinajstić information content (AvgIpc) is 2.87. The zero-order valence-electron chi connectivity index (χ0n) is 15.5. The number of carbonyl (C=O) groups is 2. The maximum absolute atomic E-state index is 12.4. The molecule has 1 heterocycles. The van der Waals surface area contributed by atoms with Gasteiger partial charge in [-0.1, -0.05) is 0 Å². The molecule has 6 nitrogen and oxygen atoms in total. The third-order valence-electron chi connectivity index (χ3n) is 5.06. The minimum atomic E-state index is -0.478. The van der Waals surface area contributed by atoms with Gasteiger partial charge in [-0.15, -0.1) is 0 Å². The van der Waals surface area contributed by atoms with E-state index < -0.39 is 5.91 Å². The molecule has 2 aromatic rings. The van der Waals surface area contributed by atoms with Crippen molar-refractivity contribution in [2.75, 3.05) is 25.6 Å². The van der Waals surface area contributed by atoms with Gasteiger partial charge in [0.1, 0.15) is 0 Å². The lowest BCUT2D eigenvalue weighted by Gasteiger charge is -2.18. The van der Waals surface area contributed by atoms with Gasteiger partial charge in [0, 0.05) is 48.4 Å². The first-order valence-electron chi connectivity index (χ1n) is 8.86. The monoisotopic (exact) mass is 355 g/mol. The number of nitrogens with zero attached hydrogens (tertiary/aromatic N) is 1. The summed E-state index contributed by atoms with van der Waals surface area (Å²) in [4.78, 5) is 24.1. The zero-order chi connectivity index (χ0) is 18.8. The average molecular weight is 355 g/mol.